The summed E-state index contributed by atoms with van der Waals surface area (Å²) in [4.78, 5) is 47.9. The Morgan fingerprint density at radius 1 is 1.08 bits per heavy atom. The smallest absolute Gasteiger partial charge is 0.243 e. The van der Waals surface area contributed by atoms with E-state index in [1.54, 1.807) is 13.8 Å². The zero-order valence-electron chi connectivity index (χ0n) is 14.8. The number of hydrogen-bond donors (Lipinski definition) is 4. The van der Waals surface area contributed by atoms with Crippen LogP contribution in [0.4, 0.5) is 0 Å². The molecule has 0 radical (unpaired) electrons. The van der Waals surface area contributed by atoms with Gasteiger partial charge in [-0.1, -0.05) is 44.2 Å². The third-order valence-corrected chi connectivity index (χ3v) is 4.23. The molecule has 2 rings (SSSR count). The molecule has 4 amide bonds. The van der Waals surface area contributed by atoms with Crippen LogP contribution in [-0.2, 0) is 25.6 Å². The first kappa shape index (κ1) is 19.4. The van der Waals surface area contributed by atoms with E-state index in [4.69, 9.17) is 5.73 Å². The van der Waals surface area contributed by atoms with Gasteiger partial charge < -0.3 is 21.7 Å². The van der Waals surface area contributed by atoms with Gasteiger partial charge in [-0.3, -0.25) is 19.2 Å². The summed E-state index contributed by atoms with van der Waals surface area (Å²) in [7, 11) is 0. The highest BCUT2D eigenvalue weighted by Crippen LogP contribution is 2.09. The predicted molar refractivity (Wildman–Crippen MR) is 94.6 cm³/mol. The fraction of sp³-hybridized carbons (Fsp3) is 0.444. The summed E-state index contributed by atoms with van der Waals surface area (Å²) in [5, 5.41) is 7.72. The molecule has 0 saturated carbocycles. The van der Waals surface area contributed by atoms with Gasteiger partial charge >= 0.3 is 0 Å². The van der Waals surface area contributed by atoms with Crippen molar-refractivity contribution in [2.75, 3.05) is 0 Å². The minimum Gasteiger partial charge on any atom is -0.368 e. The number of hydrogen-bond acceptors (Lipinski definition) is 4. The van der Waals surface area contributed by atoms with E-state index in [0.29, 0.717) is 6.42 Å². The quantitative estimate of drug-likeness (QED) is 0.508. The Kier molecular flexibility index (Phi) is 6.32. The predicted octanol–water partition coefficient (Wildman–Crippen LogP) is -0.771. The number of amides is 4. The molecule has 0 unspecified atom stereocenters. The van der Waals surface area contributed by atoms with Crippen LogP contribution >= 0.6 is 0 Å². The van der Waals surface area contributed by atoms with Crippen molar-refractivity contribution in [3.05, 3.63) is 35.9 Å². The molecule has 8 heteroatoms. The van der Waals surface area contributed by atoms with Crippen molar-refractivity contribution >= 4 is 23.6 Å². The minimum atomic E-state index is -0.977. The van der Waals surface area contributed by atoms with Gasteiger partial charge in [-0.2, -0.15) is 0 Å². The number of nitrogens with two attached hydrogens (primary N) is 1. The summed E-state index contributed by atoms with van der Waals surface area (Å²) in [5.74, 6) is -2.12. The molecule has 0 aliphatic carbocycles. The van der Waals surface area contributed by atoms with Crippen LogP contribution in [0, 0.1) is 5.92 Å². The fourth-order valence-corrected chi connectivity index (χ4v) is 2.80. The fourth-order valence-electron chi connectivity index (χ4n) is 2.80. The van der Waals surface area contributed by atoms with Crippen molar-refractivity contribution in [1.29, 1.82) is 0 Å². The Labute approximate surface area is 151 Å². The van der Waals surface area contributed by atoms with Crippen LogP contribution in [-0.4, -0.2) is 41.8 Å². The maximum atomic E-state index is 12.2. The maximum absolute atomic E-state index is 12.2. The Morgan fingerprint density at radius 3 is 2.23 bits per heavy atom. The molecule has 3 atom stereocenters. The summed E-state index contributed by atoms with van der Waals surface area (Å²) >= 11 is 0. The molecular weight excluding hydrogens is 336 g/mol. The van der Waals surface area contributed by atoms with Gasteiger partial charge in [0.05, 0.1) is 6.42 Å². The Bertz CT molecular complexity index is 690. The van der Waals surface area contributed by atoms with Crippen molar-refractivity contribution < 1.29 is 19.2 Å². The zero-order chi connectivity index (χ0) is 19.3. The molecule has 5 N–H and O–H groups in total. The lowest BCUT2D eigenvalue weighted by atomic mass is 10.00. The van der Waals surface area contributed by atoms with E-state index in [1.165, 1.54) is 0 Å². The van der Waals surface area contributed by atoms with Crippen LogP contribution in [0.3, 0.4) is 0 Å². The molecule has 1 heterocycles. The molecule has 0 spiro atoms. The van der Waals surface area contributed by atoms with Gasteiger partial charge in [0.25, 0.3) is 0 Å². The standard InChI is InChI=1S/C18H24N4O4/c1-10(2)15(16(19)24)22-14(23)9-13-18(26)20-12(17(25)21-13)8-11-6-4-3-5-7-11/h3-7,10,12-13,15H,8-9H2,1-2H3,(H2,19,24)(H,20,26)(H,21,25)(H,22,23)/t12-,13-,15-/m0/s1. The molecule has 1 aromatic carbocycles. The van der Waals surface area contributed by atoms with Gasteiger partial charge in [0, 0.05) is 6.42 Å². The largest absolute Gasteiger partial charge is 0.368 e. The molecule has 1 saturated heterocycles. The molecule has 0 aromatic heterocycles. The molecule has 1 aliphatic heterocycles. The average Bonchev–Trinajstić information content (AvgIpc) is 2.57. The summed E-state index contributed by atoms with van der Waals surface area (Å²) in [6, 6.07) is 6.84. The van der Waals surface area contributed by atoms with Gasteiger partial charge in [0.2, 0.25) is 23.6 Å². The second kappa shape index (κ2) is 8.46. The lowest BCUT2D eigenvalue weighted by molar-refractivity contribution is -0.138. The minimum absolute atomic E-state index is 0.179. The monoisotopic (exact) mass is 360 g/mol. The number of nitrogens with one attached hydrogen (secondary N) is 3. The topological polar surface area (TPSA) is 130 Å². The number of carbonyl (C=O) groups excluding carboxylic acids is 4. The summed E-state index contributed by atoms with van der Waals surface area (Å²) in [6.07, 6.45) is 0.112. The lowest BCUT2D eigenvalue weighted by Crippen LogP contribution is -2.63. The van der Waals surface area contributed by atoms with Crippen LogP contribution in [0.1, 0.15) is 25.8 Å². The number of benzene rings is 1. The molecule has 1 aliphatic rings. The highest BCUT2D eigenvalue weighted by Gasteiger charge is 2.35. The average molecular weight is 360 g/mol. The van der Waals surface area contributed by atoms with E-state index in [2.05, 4.69) is 16.0 Å². The molecule has 0 bridgehead atoms. The highest BCUT2D eigenvalue weighted by atomic mass is 16.2. The Hall–Kier alpha value is -2.90. The van der Waals surface area contributed by atoms with E-state index in [-0.39, 0.29) is 18.2 Å². The highest BCUT2D eigenvalue weighted by molar-refractivity contribution is 5.99. The summed E-state index contributed by atoms with van der Waals surface area (Å²) < 4.78 is 0. The molecule has 26 heavy (non-hydrogen) atoms. The normalized spacial score (nSPS) is 20.9. The SMILES string of the molecule is CC(C)[C@H](NC(=O)C[C@@H]1NC(=O)[C@H](Cc2ccccc2)NC1=O)C(N)=O. The lowest BCUT2D eigenvalue weighted by Gasteiger charge is -2.30. The van der Waals surface area contributed by atoms with Crippen molar-refractivity contribution in [3.63, 3.8) is 0 Å². The van der Waals surface area contributed by atoms with Gasteiger partial charge in [0.1, 0.15) is 18.1 Å². The van der Waals surface area contributed by atoms with E-state index >= 15 is 0 Å². The Balaban J connectivity index is 1.92. The van der Waals surface area contributed by atoms with Crippen LogP contribution in [0.15, 0.2) is 30.3 Å². The van der Waals surface area contributed by atoms with Crippen molar-refractivity contribution in [2.45, 2.75) is 44.8 Å². The second-order valence-electron chi connectivity index (χ2n) is 6.71. The molecule has 140 valence electrons. The van der Waals surface area contributed by atoms with Crippen LogP contribution in [0.5, 0.6) is 0 Å². The first-order chi connectivity index (χ1) is 12.3. The van der Waals surface area contributed by atoms with Crippen LogP contribution in [0.2, 0.25) is 0 Å². The van der Waals surface area contributed by atoms with Gasteiger partial charge in [-0.15, -0.1) is 0 Å². The first-order valence-electron chi connectivity index (χ1n) is 8.51. The van der Waals surface area contributed by atoms with Gasteiger partial charge in [-0.05, 0) is 11.5 Å². The van der Waals surface area contributed by atoms with Crippen molar-refractivity contribution in [1.82, 2.24) is 16.0 Å². The second-order valence-corrected chi connectivity index (χ2v) is 6.71. The van der Waals surface area contributed by atoms with Gasteiger partial charge in [0.15, 0.2) is 0 Å². The van der Waals surface area contributed by atoms with Crippen molar-refractivity contribution in [3.8, 4) is 0 Å². The molecule has 1 fully saturated rings. The zero-order valence-corrected chi connectivity index (χ0v) is 14.8. The van der Waals surface area contributed by atoms with E-state index in [9.17, 15) is 19.2 Å². The van der Waals surface area contributed by atoms with Gasteiger partial charge in [-0.25, -0.2) is 0 Å². The number of rotatable bonds is 7. The third-order valence-electron chi connectivity index (χ3n) is 4.23. The number of piperazine rings is 1. The summed E-state index contributed by atoms with van der Waals surface area (Å²) in [5.41, 5.74) is 6.18. The van der Waals surface area contributed by atoms with Crippen LogP contribution < -0.4 is 21.7 Å². The van der Waals surface area contributed by atoms with Crippen LogP contribution in [0.25, 0.3) is 0 Å². The number of carbonyl (C=O) groups is 4. The third kappa shape index (κ3) is 5.05. The molecule has 8 nitrogen and oxygen atoms in total. The maximum Gasteiger partial charge on any atom is 0.243 e. The van der Waals surface area contributed by atoms with E-state index < -0.39 is 35.8 Å². The van der Waals surface area contributed by atoms with E-state index in [0.717, 1.165) is 5.56 Å². The Morgan fingerprint density at radius 2 is 1.65 bits per heavy atom. The number of primary amides is 1. The summed E-state index contributed by atoms with van der Waals surface area (Å²) in [6.45, 7) is 3.50. The molecule has 1 aromatic rings. The first-order valence-corrected chi connectivity index (χ1v) is 8.51. The van der Waals surface area contributed by atoms with Crippen molar-refractivity contribution in [2.24, 2.45) is 11.7 Å². The van der Waals surface area contributed by atoms with E-state index in [1.807, 2.05) is 30.3 Å². The molecular formula is C18H24N4O4.